The second kappa shape index (κ2) is 7.22. The van der Waals surface area contributed by atoms with E-state index in [1.807, 2.05) is 0 Å². The van der Waals surface area contributed by atoms with Gasteiger partial charge in [0.15, 0.2) is 5.76 Å². The van der Waals surface area contributed by atoms with Crippen LogP contribution >= 0.6 is 11.6 Å². The van der Waals surface area contributed by atoms with Gasteiger partial charge in [0.05, 0.1) is 17.2 Å². The second-order valence-electron chi connectivity index (χ2n) is 4.47. The molecule has 0 spiro atoms. The molecule has 0 aliphatic rings. The molecule has 1 heterocycles. The lowest BCUT2D eigenvalue weighted by molar-refractivity contribution is -0.132. The van der Waals surface area contributed by atoms with Crippen LogP contribution in [0.2, 0.25) is 5.02 Å². The van der Waals surface area contributed by atoms with E-state index >= 15 is 0 Å². The summed E-state index contributed by atoms with van der Waals surface area (Å²) in [6.07, 6.45) is -0.911. The highest BCUT2D eigenvalue weighted by atomic mass is 35.5. The number of esters is 1. The number of halogens is 2. The van der Waals surface area contributed by atoms with Crippen molar-refractivity contribution < 1.29 is 33.0 Å². The topological polar surface area (TPSA) is 98.0 Å². The van der Waals surface area contributed by atoms with E-state index in [0.717, 1.165) is 13.0 Å². The van der Waals surface area contributed by atoms with E-state index in [0.29, 0.717) is 0 Å². The average Bonchev–Trinajstić information content (AvgIpc) is 2.76. The molecule has 2 aromatic rings. The van der Waals surface area contributed by atoms with Gasteiger partial charge in [0.25, 0.3) is 5.88 Å². The quantitative estimate of drug-likeness (QED) is 0.804. The van der Waals surface area contributed by atoms with Crippen LogP contribution in [0.1, 0.15) is 13.8 Å². The Morgan fingerprint density at radius 2 is 2.12 bits per heavy atom. The van der Waals surface area contributed by atoms with Gasteiger partial charge in [-0.2, -0.15) is 0 Å². The third-order valence-corrected chi connectivity index (χ3v) is 3.08. The fourth-order valence-corrected chi connectivity index (χ4v) is 2.12. The Balaban J connectivity index is 2.56. The summed E-state index contributed by atoms with van der Waals surface area (Å²) in [5.74, 6) is -3.56. The summed E-state index contributed by atoms with van der Waals surface area (Å²) in [6.45, 7) is 2.74. The van der Waals surface area contributed by atoms with Crippen molar-refractivity contribution in [3.8, 4) is 22.8 Å². The van der Waals surface area contributed by atoms with Gasteiger partial charge in [-0.15, -0.1) is 0 Å². The number of carbonyl (C=O) groups excluding carboxylic acids is 2. The van der Waals surface area contributed by atoms with Crippen molar-refractivity contribution in [2.75, 3.05) is 11.9 Å². The fourth-order valence-electron chi connectivity index (χ4n) is 1.87. The number of hydrogen-bond donors (Lipinski definition) is 2. The smallest absolute Gasteiger partial charge is 0.414 e. The maximum absolute atomic E-state index is 14.0. The van der Waals surface area contributed by atoms with Gasteiger partial charge in [0.2, 0.25) is 11.5 Å². The minimum atomic E-state index is -0.911. The molecule has 128 valence electrons. The van der Waals surface area contributed by atoms with Crippen molar-refractivity contribution in [3.05, 3.63) is 29.0 Å². The average molecular weight is 358 g/mol. The van der Waals surface area contributed by atoms with Crippen LogP contribution in [0.3, 0.4) is 0 Å². The van der Waals surface area contributed by atoms with Gasteiger partial charge < -0.3 is 19.0 Å². The summed E-state index contributed by atoms with van der Waals surface area (Å²) in [4.78, 5) is 22.7. The molecule has 0 radical (unpaired) electrons. The first-order valence-corrected chi connectivity index (χ1v) is 7.15. The van der Waals surface area contributed by atoms with Crippen LogP contribution in [0.15, 0.2) is 22.6 Å². The molecule has 9 heteroatoms. The predicted octanol–water partition coefficient (Wildman–Crippen LogP) is 3.94. The van der Waals surface area contributed by atoms with Crippen LogP contribution in [0, 0.1) is 5.82 Å². The Morgan fingerprint density at radius 3 is 2.71 bits per heavy atom. The molecule has 0 atom stereocenters. The second-order valence-corrected chi connectivity index (χ2v) is 4.88. The van der Waals surface area contributed by atoms with Gasteiger partial charge in [-0.25, -0.2) is 9.18 Å². The normalized spacial score (nSPS) is 10.3. The Labute approximate surface area is 140 Å². The first kappa shape index (κ1) is 17.6. The van der Waals surface area contributed by atoms with Crippen LogP contribution in [-0.4, -0.2) is 23.8 Å². The largest absolute Gasteiger partial charge is 0.502 e. The highest BCUT2D eigenvalue weighted by molar-refractivity contribution is 6.33. The minimum absolute atomic E-state index is 0.0453. The summed E-state index contributed by atoms with van der Waals surface area (Å²) in [7, 11) is 0. The number of anilines is 1. The molecule has 1 amide bonds. The number of rotatable bonds is 4. The summed E-state index contributed by atoms with van der Waals surface area (Å²) in [6, 6.07) is 3.85. The number of amides is 1. The standard InChI is InChI=1S/C15H13ClFNO6/c1-3-22-15(21)18-14-13(23-7(2)19)11(20)12(24-14)10-8(16)5-4-6-9(10)17/h4-6,20H,3H2,1-2H3,(H,18,21). The molecule has 0 bridgehead atoms. The number of ether oxygens (including phenoxy) is 2. The summed E-state index contributed by atoms with van der Waals surface area (Å²) in [5.41, 5.74) is -0.248. The monoisotopic (exact) mass is 357 g/mol. The van der Waals surface area contributed by atoms with Gasteiger partial charge >= 0.3 is 12.1 Å². The molecular formula is C15H13ClFNO6. The Bertz CT molecular complexity index is 768. The molecule has 1 aromatic carbocycles. The zero-order valence-corrected chi connectivity index (χ0v) is 13.4. The highest BCUT2D eigenvalue weighted by Crippen LogP contribution is 2.48. The van der Waals surface area contributed by atoms with Crippen LogP contribution < -0.4 is 10.1 Å². The molecule has 0 saturated heterocycles. The van der Waals surface area contributed by atoms with Crippen molar-refractivity contribution in [3.63, 3.8) is 0 Å². The van der Waals surface area contributed by atoms with Gasteiger partial charge in [0, 0.05) is 6.92 Å². The molecule has 0 aliphatic carbocycles. The van der Waals surface area contributed by atoms with E-state index in [1.54, 1.807) is 6.92 Å². The van der Waals surface area contributed by atoms with Crippen molar-refractivity contribution in [2.45, 2.75) is 13.8 Å². The highest BCUT2D eigenvalue weighted by Gasteiger charge is 2.28. The van der Waals surface area contributed by atoms with Crippen molar-refractivity contribution in [2.24, 2.45) is 0 Å². The molecule has 2 rings (SSSR count). The molecule has 7 nitrogen and oxygen atoms in total. The Kier molecular flexibility index (Phi) is 5.30. The van der Waals surface area contributed by atoms with Crippen molar-refractivity contribution >= 4 is 29.5 Å². The van der Waals surface area contributed by atoms with E-state index in [9.17, 15) is 19.1 Å². The van der Waals surface area contributed by atoms with Gasteiger partial charge in [-0.1, -0.05) is 17.7 Å². The lowest BCUT2D eigenvalue weighted by atomic mass is 10.1. The van der Waals surface area contributed by atoms with Crippen molar-refractivity contribution in [1.29, 1.82) is 0 Å². The molecule has 1 aromatic heterocycles. The molecule has 0 unspecified atom stereocenters. The van der Waals surface area contributed by atoms with Gasteiger partial charge in [0.1, 0.15) is 5.82 Å². The molecule has 0 fully saturated rings. The zero-order valence-electron chi connectivity index (χ0n) is 12.7. The van der Waals surface area contributed by atoms with Crippen LogP contribution in [0.4, 0.5) is 15.1 Å². The summed E-state index contributed by atoms with van der Waals surface area (Å²) in [5, 5.41) is 12.3. The van der Waals surface area contributed by atoms with Crippen LogP contribution in [-0.2, 0) is 9.53 Å². The first-order chi connectivity index (χ1) is 11.3. The lowest BCUT2D eigenvalue weighted by Crippen LogP contribution is -2.14. The van der Waals surface area contributed by atoms with Crippen molar-refractivity contribution in [1.82, 2.24) is 0 Å². The SMILES string of the molecule is CCOC(=O)Nc1oc(-c2c(F)cccc2Cl)c(O)c1OC(C)=O. The minimum Gasteiger partial charge on any atom is -0.502 e. The number of furan rings is 1. The number of nitrogens with one attached hydrogen (secondary N) is 1. The van der Waals surface area contributed by atoms with E-state index in [4.69, 9.17) is 20.8 Å². The molecule has 0 saturated carbocycles. The van der Waals surface area contributed by atoms with Gasteiger partial charge in [-0.3, -0.25) is 10.1 Å². The maximum Gasteiger partial charge on any atom is 0.414 e. The summed E-state index contributed by atoms with van der Waals surface area (Å²) < 4.78 is 28.8. The fraction of sp³-hybridized carbons (Fsp3) is 0.200. The van der Waals surface area contributed by atoms with E-state index in [1.165, 1.54) is 12.1 Å². The summed E-state index contributed by atoms with van der Waals surface area (Å²) >= 11 is 5.93. The number of aromatic hydroxyl groups is 1. The number of benzene rings is 1. The molecule has 24 heavy (non-hydrogen) atoms. The van der Waals surface area contributed by atoms with E-state index in [2.05, 4.69) is 10.1 Å². The van der Waals surface area contributed by atoms with Crippen LogP contribution in [0.25, 0.3) is 11.3 Å². The first-order valence-electron chi connectivity index (χ1n) is 6.77. The third kappa shape index (κ3) is 3.60. The molecular weight excluding hydrogens is 345 g/mol. The van der Waals surface area contributed by atoms with E-state index < -0.39 is 41.0 Å². The Hall–Kier alpha value is -2.74. The lowest BCUT2D eigenvalue weighted by Gasteiger charge is -2.04. The number of carbonyl (C=O) groups is 2. The predicted molar refractivity (Wildman–Crippen MR) is 82.7 cm³/mol. The van der Waals surface area contributed by atoms with E-state index in [-0.39, 0.29) is 17.2 Å². The van der Waals surface area contributed by atoms with Crippen LogP contribution in [0.5, 0.6) is 11.5 Å². The third-order valence-electron chi connectivity index (χ3n) is 2.77. The zero-order chi connectivity index (χ0) is 17.9. The molecule has 2 N–H and O–H groups in total. The number of hydrogen-bond acceptors (Lipinski definition) is 6. The molecule has 0 aliphatic heterocycles. The Morgan fingerprint density at radius 1 is 1.42 bits per heavy atom. The maximum atomic E-state index is 14.0. The van der Waals surface area contributed by atoms with Gasteiger partial charge in [-0.05, 0) is 19.1 Å².